The highest BCUT2D eigenvalue weighted by atomic mass is 35.5. The fourth-order valence-electron chi connectivity index (χ4n) is 0.428. The molecule has 0 amide bonds. The predicted octanol–water partition coefficient (Wildman–Crippen LogP) is 1.04. The lowest BCUT2D eigenvalue weighted by molar-refractivity contribution is 0.275. The molecule has 0 aliphatic carbocycles. The van der Waals surface area contributed by atoms with E-state index in [2.05, 4.69) is 10.2 Å². The van der Waals surface area contributed by atoms with Gasteiger partial charge in [-0.1, -0.05) is 11.6 Å². The van der Waals surface area contributed by atoms with Gasteiger partial charge in [0.15, 0.2) is 5.15 Å². The zero-order valence-corrected chi connectivity index (χ0v) is 6.56. The highest BCUT2D eigenvalue weighted by Gasteiger charge is 1.90. The fraction of sp³-hybridized carbons (Fsp3) is 0.200. The van der Waals surface area contributed by atoms with E-state index in [4.69, 9.17) is 16.7 Å². The van der Waals surface area contributed by atoms with E-state index in [1.807, 2.05) is 0 Å². The van der Waals surface area contributed by atoms with Crippen LogP contribution in [0.2, 0.25) is 5.15 Å². The monoisotopic (exact) mass is 180 g/mol. The van der Waals surface area contributed by atoms with E-state index in [-0.39, 0.29) is 19.0 Å². The Hall–Kier alpha value is -0.380. The predicted molar refractivity (Wildman–Crippen MR) is 40.2 cm³/mol. The van der Waals surface area contributed by atoms with E-state index in [1.165, 1.54) is 0 Å². The Balaban J connectivity index is 0.000000810. The minimum Gasteiger partial charge on any atom is -0.390 e. The molecule has 0 aromatic carbocycles. The SMILES string of the molecule is Cl.OCc1ccc(Cl)nn1. The number of aromatic nitrogens is 2. The van der Waals surface area contributed by atoms with Crippen LogP contribution in [0, 0.1) is 0 Å². The lowest BCUT2D eigenvalue weighted by atomic mass is 10.4. The Morgan fingerprint density at radius 3 is 2.50 bits per heavy atom. The van der Waals surface area contributed by atoms with E-state index in [0.717, 1.165) is 0 Å². The van der Waals surface area contributed by atoms with Gasteiger partial charge in [-0.2, -0.15) is 5.10 Å². The first-order chi connectivity index (χ1) is 4.33. The van der Waals surface area contributed by atoms with Crippen LogP contribution < -0.4 is 0 Å². The summed E-state index contributed by atoms with van der Waals surface area (Å²) in [7, 11) is 0. The van der Waals surface area contributed by atoms with Gasteiger partial charge in [0.25, 0.3) is 0 Å². The molecule has 1 N–H and O–H groups in total. The van der Waals surface area contributed by atoms with E-state index in [1.54, 1.807) is 12.1 Å². The van der Waals surface area contributed by atoms with Crippen molar-refractivity contribution in [3.8, 4) is 0 Å². The second-order valence-electron chi connectivity index (χ2n) is 1.51. The zero-order valence-electron chi connectivity index (χ0n) is 4.99. The minimum absolute atomic E-state index is 0. The molecule has 0 saturated heterocycles. The Morgan fingerprint density at radius 1 is 1.40 bits per heavy atom. The summed E-state index contributed by atoms with van der Waals surface area (Å²) in [4.78, 5) is 0. The topological polar surface area (TPSA) is 46.0 Å². The first-order valence-electron chi connectivity index (χ1n) is 2.42. The normalized spacial score (nSPS) is 8.60. The standard InChI is InChI=1S/C5H5ClN2O.ClH/c6-5-2-1-4(3-9)7-8-5;/h1-2,9H,3H2;1H. The second-order valence-corrected chi connectivity index (χ2v) is 1.89. The van der Waals surface area contributed by atoms with Gasteiger partial charge < -0.3 is 5.11 Å². The van der Waals surface area contributed by atoms with Crippen LogP contribution in [-0.2, 0) is 6.61 Å². The third-order valence-corrected chi connectivity index (χ3v) is 1.05. The third kappa shape index (κ3) is 2.47. The zero-order chi connectivity index (χ0) is 6.69. The quantitative estimate of drug-likeness (QED) is 0.703. The summed E-state index contributed by atoms with van der Waals surface area (Å²) in [6.45, 7) is -0.0931. The molecule has 0 bridgehead atoms. The van der Waals surface area contributed by atoms with Gasteiger partial charge in [0.05, 0.1) is 12.3 Å². The molecule has 1 aromatic heterocycles. The van der Waals surface area contributed by atoms with Gasteiger partial charge in [-0.05, 0) is 12.1 Å². The smallest absolute Gasteiger partial charge is 0.151 e. The van der Waals surface area contributed by atoms with Crippen molar-refractivity contribution >= 4 is 24.0 Å². The van der Waals surface area contributed by atoms with Crippen LogP contribution in [0.4, 0.5) is 0 Å². The molecule has 5 heteroatoms. The van der Waals surface area contributed by atoms with Crippen molar-refractivity contribution in [1.29, 1.82) is 0 Å². The lowest BCUT2D eigenvalue weighted by Gasteiger charge is -1.90. The van der Waals surface area contributed by atoms with Gasteiger partial charge in [0.1, 0.15) is 0 Å². The van der Waals surface area contributed by atoms with Crippen molar-refractivity contribution in [2.75, 3.05) is 0 Å². The maximum Gasteiger partial charge on any atom is 0.151 e. The molecular weight excluding hydrogens is 175 g/mol. The summed E-state index contributed by atoms with van der Waals surface area (Å²) in [5.41, 5.74) is 0.527. The Labute approximate surface area is 69.5 Å². The van der Waals surface area contributed by atoms with Gasteiger partial charge >= 0.3 is 0 Å². The number of halogens is 2. The third-order valence-electron chi connectivity index (χ3n) is 0.849. The maximum atomic E-state index is 8.48. The molecule has 56 valence electrons. The van der Waals surface area contributed by atoms with Crippen molar-refractivity contribution in [3.05, 3.63) is 23.0 Å². The summed E-state index contributed by atoms with van der Waals surface area (Å²) in [5, 5.41) is 15.9. The van der Waals surface area contributed by atoms with E-state index in [9.17, 15) is 0 Å². The Kier molecular flexibility index (Phi) is 4.27. The molecule has 0 spiro atoms. The van der Waals surface area contributed by atoms with E-state index >= 15 is 0 Å². The molecule has 1 rings (SSSR count). The number of aliphatic hydroxyl groups excluding tert-OH is 1. The molecule has 0 aliphatic heterocycles. The van der Waals surface area contributed by atoms with Crippen LogP contribution in [0.15, 0.2) is 12.1 Å². The van der Waals surface area contributed by atoms with Crippen LogP contribution in [0.5, 0.6) is 0 Å². The largest absolute Gasteiger partial charge is 0.390 e. The van der Waals surface area contributed by atoms with Crippen LogP contribution >= 0.6 is 24.0 Å². The molecule has 0 saturated carbocycles. The van der Waals surface area contributed by atoms with Gasteiger partial charge in [-0.3, -0.25) is 0 Å². The highest BCUT2D eigenvalue weighted by Crippen LogP contribution is 2.00. The van der Waals surface area contributed by atoms with Crippen molar-refractivity contribution in [1.82, 2.24) is 10.2 Å². The second kappa shape index (κ2) is 4.44. The molecule has 0 radical (unpaired) electrons. The Morgan fingerprint density at radius 2 is 2.10 bits per heavy atom. The molecule has 1 aromatic rings. The number of nitrogens with zero attached hydrogens (tertiary/aromatic N) is 2. The first kappa shape index (κ1) is 9.62. The van der Waals surface area contributed by atoms with Gasteiger partial charge in [-0.15, -0.1) is 17.5 Å². The molecule has 1 heterocycles. The molecule has 3 nitrogen and oxygen atoms in total. The average molecular weight is 181 g/mol. The molecule has 0 aliphatic rings. The molecule has 0 unspecified atom stereocenters. The van der Waals surface area contributed by atoms with Crippen molar-refractivity contribution < 1.29 is 5.11 Å². The van der Waals surface area contributed by atoms with Crippen molar-refractivity contribution in [2.24, 2.45) is 0 Å². The maximum absolute atomic E-state index is 8.48. The number of hydrogen-bond acceptors (Lipinski definition) is 3. The fourth-order valence-corrected chi connectivity index (χ4v) is 0.529. The average Bonchev–Trinajstić information content (AvgIpc) is 1.90. The molecule has 10 heavy (non-hydrogen) atoms. The van der Waals surface area contributed by atoms with Crippen LogP contribution in [-0.4, -0.2) is 15.3 Å². The van der Waals surface area contributed by atoms with Gasteiger partial charge in [-0.25, -0.2) is 0 Å². The Bertz CT molecular complexity index is 189. The number of hydrogen-bond donors (Lipinski definition) is 1. The minimum atomic E-state index is -0.0931. The summed E-state index contributed by atoms with van der Waals surface area (Å²) >= 11 is 5.41. The summed E-state index contributed by atoms with van der Waals surface area (Å²) < 4.78 is 0. The summed E-state index contributed by atoms with van der Waals surface area (Å²) in [5.74, 6) is 0. The molecule has 0 atom stereocenters. The van der Waals surface area contributed by atoms with E-state index in [0.29, 0.717) is 10.8 Å². The molecule has 0 fully saturated rings. The number of aliphatic hydroxyl groups is 1. The first-order valence-corrected chi connectivity index (χ1v) is 2.79. The highest BCUT2D eigenvalue weighted by molar-refractivity contribution is 6.29. The van der Waals surface area contributed by atoms with Crippen LogP contribution in [0.3, 0.4) is 0 Å². The van der Waals surface area contributed by atoms with Crippen molar-refractivity contribution in [2.45, 2.75) is 6.61 Å². The molecular formula is C5H6Cl2N2O. The lowest BCUT2D eigenvalue weighted by Crippen LogP contribution is -1.90. The van der Waals surface area contributed by atoms with Gasteiger partial charge in [0, 0.05) is 0 Å². The summed E-state index contributed by atoms with van der Waals surface area (Å²) in [6, 6.07) is 3.20. The number of rotatable bonds is 1. The van der Waals surface area contributed by atoms with Gasteiger partial charge in [0.2, 0.25) is 0 Å². The van der Waals surface area contributed by atoms with E-state index < -0.39 is 0 Å². The summed E-state index contributed by atoms with van der Waals surface area (Å²) in [6.07, 6.45) is 0. The van der Waals surface area contributed by atoms with Crippen molar-refractivity contribution in [3.63, 3.8) is 0 Å². The van der Waals surface area contributed by atoms with Crippen LogP contribution in [0.1, 0.15) is 5.69 Å². The van der Waals surface area contributed by atoms with Crippen LogP contribution in [0.25, 0.3) is 0 Å².